The van der Waals surface area contributed by atoms with Crippen LogP contribution in [-0.2, 0) is 20.9 Å². The molecule has 0 aliphatic carbocycles. The summed E-state index contributed by atoms with van der Waals surface area (Å²) in [5.74, 6) is -0.919. The minimum atomic E-state index is -5.77. The van der Waals surface area contributed by atoms with E-state index in [4.69, 9.17) is 5.11 Å². The molecule has 0 spiro atoms. The van der Waals surface area contributed by atoms with Crippen molar-refractivity contribution < 1.29 is 35.7 Å². The van der Waals surface area contributed by atoms with Crippen molar-refractivity contribution in [3.8, 4) is 0 Å². The third kappa shape index (κ3) is 4.01. The van der Waals surface area contributed by atoms with Crippen molar-refractivity contribution >= 4 is 15.9 Å². The number of aliphatic hydroxyl groups excluding tert-OH is 1. The van der Waals surface area contributed by atoms with E-state index >= 15 is 0 Å². The summed E-state index contributed by atoms with van der Waals surface area (Å²) in [6, 6.07) is 5.26. The minimum absolute atomic E-state index is 0.0189. The Labute approximate surface area is 106 Å². The lowest BCUT2D eigenvalue weighted by atomic mass is 10.1. The average molecular weight is 298 g/mol. The molecule has 1 aromatic rings. The lowest BCUT2D eigenvalue weighted by Gasteiger charge is -2.07. The Hall–Kier alpha value is -1.45. The maximum atomic E-state index is 11.9. The molecule has 1 aromatic carbocycles. The molecule has 0 amide bonds. The molecule has 0 bridgehead atoms. The summed E-state index contributed by atoms with van der Waals surface area (Å²) in [6.07, 6.45) is 0. The van der Waals surface area contributed by atoms with Crippen molar-refractivity contribution in [2.75, 3.05) is 6.61 Å². The number of benzene rings is 1. The van der Waals surface area contributed by atoms with Crippen LogP contribution >= 0.6 is 0 Å². The second-order valence-corrected chi connectivity index (χ2v) is 5.05. The van der Waals surface area contributed by atoms with Gasteiger partial charge < -0.3 is 5.11 Å². The van der Waals surface area contributed by atoms with Crippen LogP contribution in [-0.4, -0.2) is 31.4 Å². The van der Waals surface area contributed by atoms with E-state index in [9.17, 15) is 26.4 Å². The van der Waals surface area contributed by atoms with Gasteiger partial charge in [0.05, 0.1) is 6.61 Å². The summed E-state index contributed by atoms with van der Waals surface area (Å²) < 4.78 is 60.5. The first-order valence-corrected chi connectivity index (χ1v) is 6.27. The Bertz CT molecular complexity index is 548. The minimum Gasteiger partial charge on any atom is -0.392 e. The second kappa shape index (κ2) is 5.68. The Morgan fingerprint density at radius 2 is 1.74 bits per heavy atom. The summed E-state index contributed by atoms with van der Waals surface area (Å²) in [5, 5.41) is 8.75. The molecule has 9 heteroatoms. The van der Waals surface area contributed by atoms with Crippen LogP contribution in [0.2, 0.25) is 0 Å². The highest BCUT2D eigenvalue weighted by Crippen LogP contribution is 2.24. The van der Waals surface area contributed by atoms with Crippen molar-refractivity contribution in [1.82, 2.24) is 0 Å². The first kappa shape index (κ1) is 15.6. The van der Waals surface area contributed by atoms with Crippen LogP contribution in [0.5, 0.6) is 0 Å². The van der Waals surface area contributed by atoms with Crippen molar-refractivity contribution in [1.29, 1.82) is 0 Å². The number of Topliss-reactive ketones (excluding diaryl/α,β-unsaturated/α-hetero) is 1. The zero-order valence-corrected chi connectivity index (χ0v) is 10.2. The van der Waals surface area contributed by atoms with Gasteiger partial charge in [0.15, 0.2) is 5.78 Å². The average Bonchev–Trinajstić information content (AvgIpc) is 2.35. The molecule has 0 aliphatic heterocycles. The monoisotopic (exact) mass is 298 g/mol. The van der Waals surface area contributed by atoms with E-state index in [2.05, 4.69) is 4.18 Å². The first-order chi connectivity index (χ1) is 8.67. The Morgan fingerprint density at radius 1 is 1.21 bits per heavy atom. The second-order valence-electron chi connectivity index (χ2n) is 3.44. The highest BCUT2D eigenvalue weighted by atomic mass is 32.2. The van der Waals surface area contributed by atoms with Crippen LogP contribution in [0.3, 0.4) is 0 Å². The molecule has 0 radical (unpaired) electrons. The van der Waals surface area contributed by atoms with Gasteiger partial charge in [0.25, 0.3) is 0 Å². The fourth-order valence-electron chi connectivity index (χ4n) is 1.08. The van der Waals surface area contributed by atoms with Gasteiger partial charge in [-0.05, 0) is 5.56 Å². The molecule has 0 saturated heterocycles. The molecule has 106 valence electrons. The number of aliphatic hydroxyl groups is 1. The van der Waals surface area contributed by atoms with Crippen LogP contribution in [0, 0.1) is 0 Å². The van der Waals surface area contributed by atoms with E-state index < -0.39 is 28.0 Å². The predicted octanol–water partition coefficient (Wildman–Crippen LogP) is 1.23. The highest BCUT2D eigenvalue weighted by Gasteiger charge is 2.47. The smallest absolute Gasteiger partial charge is 0.392 e. The lowest BCUT2D eigenvalue weighted by Crippen LogP contribution is -2.27. The van der Waals surface area contributed by atoms with Crippen molar-refractivity contribution in [3.63, 3.8) is 0 Å². The largest absolute Gasteiger partial charge is 0.523 e. The number of ketones is 1. The van der Waals surface area contributed by atoms with Gasteiger partial charge in [-0.15, -0.1) is 0 Å². The standard InChI is InChI=1S/C10H9F3O5S/c11-10(12,13)19(16,17)18-6-9(15)8-3-1-7(5-14)2-4-8/h1-4,14H,5-6H2. The molecular formula is C10H9F3O5S. The van der Waals surface area contributed by atoms with E-state index in [1.807, 2.05) is 0 Å². The normalized spacial score (nSPS) is 12.4. The van der Waals surface area contributed by atoms with Gasteiger partial charge >= 0.3 is 15.6 Å². The molecule has 0 aromatic heterocycles. The summed E-state index contributed by atoms with van der Waals surface area (Å²) in [7, 11) is -5.77. The summed E-state index contributed by atoms with van der Waals surface area (Å²) in [4.78, 5) is 11.4. The zero-order chi connectivity index (χ0) is 14.7. The van der Waals surface area contributed by atoms with Gasteiger partial charge in [0, 0.05) is 5.56 Å². The van der Waals surface area contributed by atoms with Gasteiger partial charge in [0.2, 0.25) is 0 Å². The number of alkyl halides is 3. The van der Waals surface area contributed by atoms with E-state index in [-0.39, 0.29) is 12.2 Å². The molecular weight excluding hydrogens is 289 g/mol. The third-order valence-electron chi connectivity index (χ3n) is 2.09. The van der Waals surface area contributed by atoms with Gasteiger partial charge in [-0.2, -0.15) is 21.6 Å². The molecule has 0 aliphatic rings. The molecule has 19 heavy (non-hydrogen) atoms. The molecule has 1 rings (SSSR count). The molecule has 0 heterocycles. The first-order valence-electron chi connectivity index (χ1n) is 4.86. The molecule has 0 fully saturated rings. The number of halogens is 3. The van der Waals surface area contributed by atoms with E-state index in [0.717, 1.165) is 0 Å². The molecule has 0 unspecified atom stereocenters. The summed E-state index contributed by atoms with van der Waals surface area (Å²) >= 11 is 0. The fraction of sp³-hybridized carbons (Fsp3) is 0.300. The summed E-state index contributed by atoms with van der Waals surface area (Å²) in [6.45, 7) is -1.49. The SMILES string of the molecule is O=C(COS(=O)(=O)C(F)(F)F)c1ccc(CO)cc1. The van der Waals surface area contributed by atoms with Crippen LogP contribution < -0.4 is 0 Å². The van der Waals surface area contributed by atoms with E-state index in [0.29, 0.717) is 5.56 Å². The van der Waals surface area contributed by atoms with Crippen LogP contribution in [0.25, 0.3) is 0 Å². The van der Waals surface area contributed by atoms with Crippen molar-refractivity contribution in [2.45, 2.75) is 12.1 Å². The predicted molar refractivity (Wildman–Crippen MR) is 57.6 cm³/mol. The Morgan fingerprint density at radius 3 is 2.16 bits per heavy atom. The molecule has 5 nitrogen and oxygen atoms in total. The van der Waals surface area contributed by atoms with Gasteiger partial charge in [-0.3, -0.25) is 8.98 Å². The molecule has 0 saturated carbocycles. The van der Waals surface area contributed by atoms with Crippen molar-refractivity contribution in [2.24, 2.45) is 0 Å². The summed E-state index contributed by atoms with van der Waals surface area (Å²) in [5.41, 5.74) is -5.08. The van der Waals surface area contributed by atoms with Crippen LogP contribution in [0.1, 0.15) is 15.9 Å². The Balaban J connectivity index is 2.71. The van der Waals surface area contributed by atoms with E-state index in [1.165, 1.54) is 24.3 Å². The Kier molecular flexibility index (Phi) is 4.66. The number of hydrogen-bond donors (Lipinski definition) is 1. The van der Waals surface area contributed by atoms with E-state index in [1.54, 1.807) is 0 Å². The number of rotatable bonds is 5. The number of hydrogen-bond acceptors (Lipinski definition) is 5. The highest BCUT2D eigenvalue weighted by molar-refractivity contribution is 7.87. The van der Waals surface area contributed by atoms with Crippen molar-refractivity contribution in [3.05, 3.63) is 35.4 Å². The molecule has 1 N–H and O–H groups in total. The zero-order valence-electron chi connectivity index (χ0n) is 9.35. The topological polar surface area (TPSA) is 80.7 Å². The third-order valence-corrected chi connectivity index (χ3v) is 3.08. The fourth-order valence-corrected chi connectivity index (χ4v) is 1.47. The molecule has 0 atom stereocenters. The lowest BCUT2D eigenvalue weighted by molar-refractivity contribution is -0.0536. The maximum Gasteiger partial charge on any atom is 0.523 e. The van der Waals surface area contributed by atoms with Gasteiger partial charge in [-0.1, -0.05) is 24.3 Å². The van der Waals surface area contributed by atoms with Gasteiger partial charge in [0.1, 0.15) is 6.61 Å². The van der Waals surface area contributed by atoms with Crippen LogP contribution in [0.15, 0.2) is 24.3 Å². The number of carbonyl (C=O) groups is 1. The van der Waals surface area contributed by atoms with Crippen LogP contribution in [0.4, 0.5) is 13.2 Å². The maximum absolute atomic E-state index is 11.9. The number of carbonyl (C=O) groups excluding carboxylic acids is 1. The van der Waals surface area contributed by atoms with Gasteiger partial charge in [-0.25, -0.2) is 0 Å². The quantitative estimate of drug-likeness (QED) is 0.502.